The molecule has 3 aromatic rings. The van der Waals surface area contributed by atoms with Crippen LogP contribution in [0.15, 0.2) is 84.9 Å². The summed E-state index contributed by atoms with van der Waals surface area (Å²) in [4.78, 5) is 24.9. The van der Waals surface area contributed by atoms with Crippen LogP contribution in [0.3, 0.4) is 0 Å². The van der Waals surface area contributed by atoms with Crippen molar-refractivity contribution < 1.29 is 9.59 Å². The zero-order valence-electron chi connectivity index (χ0n) is 20.6. The standard InChI is InChI=1S/C32H34O2/c1-23(2)21-27-9-15-29(16-10-27)31(33)19-13-25-5-7-26(8-6-25)14-20-32(34)30-17-11-28(12-18-30)22-24(3)4/h5-20,23-24H,21-22H2,1-4H3. The van der Waals surface area contributed by atoms with Crippen molar-refractivity contribution in [2.24, 2.45) is 11.8 Å². The van der Waals surface area contributed by atoms with Gasteiger partial charge in [0.15, 0.2) is 11.6 Å². The summed E-state index contributed by atoms with van der Waals surface area (Å²) in [5.74, 6) is 1.17. The molecule has 0 unspecified atom stereocenters. The van der Waals surface area contributed by atoms with Crippen LogP contribution in [-0.4, -0.2) is 11.6 Å². The van der Waals surface area contributed by atoms with Crippen LogP contribution < -0.4 is 0 Å². The molecule has 0 aliphatic heterocycles. The number of benzene rings is 3. The molecule has 0 N–H and O–H groups in total. The second-order valence-corrected chi connectivity index (χ2v) is 9.65. The Morgan fingerprint density at radius 2 is 0.882 bits per heavy atom. The highest BCUT2D eigenvalue weighted by atomic mass is 16.1. The molecular formula is C32H34O2. The zero-order valence-corrected chi connectivity index (χ0v) is 20.6. The molecule has 0 aliphatic rings. The third-order valence-electron chi connectivity index (χ3n) is 5.56. The third kappa shape index (κ3) is 7.81. The van der Waals surface area contributed by atoms with Gasteiger partial charge in [-0.05, 0) is 59.1 Å². The lowest BCUT2D eigenvalue weighted by atomic mass is 10.00. The van der Waals surface area contributed by atoms with Crippen LogP contribution in [0.5, 0.6) is 0 Å². The number of carbonyl (C=O) groups is 2. The molecule has 174 valence electrons. The van der Waals surface area contributed by atoms with Crippen molar-refractivity contribution in [2.45, 2.75) is 40.5 Å². The van der Waals surface area contributed by atoms with Crippen LogP contribution in [0.1, 0.15) is 70.7 Å². The first-order valence-corrected chi connectivity index (χ1v) is 12.0. The highest BCUT2D eigenvalue weighted by Gasteiger charge is 2.05. The summed E-state index contributed by atoms with van der Waals surface area (Å²) in [5.41, 5.74) is 5.77. The molecule has 0 fully saturated rings. The van der Waals surface area contributed by atoms with Crippen LogP contribution in [0.25, 0.3) is 12.2 Å². The van der Waals surface area contributed by atoms with Crippen molar-refractivity contribution >= 4 is 23.7 Å². The molecule has 3 rings (SSSR count). The average molecular weight is 451 g/mol. The molecular weight excluding hydrogens is 416 g/mol. The Morgan fingerprint density at radius 1 is 0.559 bits per heavy atom. The largest absolute Gasteiger partial charge is 0.289 e. The quantitative estimate of drug-likeness (QED) is 0.233. The van der Waals surface area contributed by atoms with Gasteiger partial charge in [-0.3, -0.25) is 9.59 Å². The van der Waals surface area contributed by atoms with Crippen LogP contribution in [-0.2, 0) is 12.8 Å². The molecule has 2 heteroatoms. The van der Waals surface area contributed by atoms with Gasteiger partial charge < -0.3 is 0 Å². The average Bonchev–Trinajstić information content (AvgIpc) is 2.82. The van der Waals surface area contributed by atoms with Crippen molar-refractivity contribution in [3.05, 3.63) is 118 Å². The number of ketones is 2. The Balaban J connectivity index is 1.57. The molecule has 0 atom stereocenters. The molecule has 0 bridgehead atoms. The van der Waals surface area contributed by atoms with E-state index in [2.05, 4.69) is 27.7 Å². The Bertz CT molecular complexity index is 1050. The van der Waals surface area contributed by atoms with Gasteiger partial charge in [0.25, 0.3) is 0 Å². The predicted octanol–water partition coefficient (Wildman–Crippen LogP) is 7.88. The van der Waals surface area contributed by atoms with E-state index in [-0.39, 0.29) is 11.6 Å². The Labute approximate surface area is 204 Å². The topological polar surface area (TPSA) is 34.1 Å². The van der Waals surface area contributed by atoms with Crippen molar-refractivity contribution in [3.63, 3.8) is 0 Å². The summed E-state index contributed by atoms with van der Waals surface area (Å²) >= 11 is 0. The van der Waals surface area contributed by atoms with E-state index in [0.717, 1.165) is 24.0 Å². The van der Waals surface area contributed by atoms with E-state index in [1.165, 1.54) is 11.1 Å². The highest BCUT2D eigenvalue weighted by molar-refractivity contribution is 6.07. The van der Waals surface area contributed by atoms with E-state index in [1.54, 1.807) is 12.2 Å². The molecule has 3 aromatic carbocycles. The van der Waals surface area contributed by atoms with E-state index in [4.69, 9.17) is 0 Å². The van der Waals surface area contributed by atoms with Crippen LogP contribution >= 0.6 is 0 Å². The second-order valence-electron chi connectivity index (χ2n) is 9.65. The van der Waals surface area contributed by atoms with Crippen LogP contribution in [0.2, 0.25) is 0 Å². The maximum atomic E-state index is 12.5. The first-order valence-electron chi connectivity index (χ1n) is 12.0. The van der Waals surface area contributed by atoms with Gasteiger partial charge in [0, 0.05) is 11.1 Å². The molecule has 0 radical (unpaired) electrons. The Kier molecular flexibility index (Phi) is 8.93. The van der Waals surface area contributed by atoms with Gasteiger partial charge in [-0.2, -0.15) is 0 Å². The SMILES string of the molecule is CC(C)Cc1ccc(C(=O)C=Cc2ccc(C=CC(=O)c3ccc(CC(C)C)cc3)cc2)cc1. The van der Waals surface area contributed by atoms with E-state index in [1.807, 2.05) is 84.9 Å². The maximum absolute atomic E-state index is 12.5. The maximum Gasteiger partial charge on any atom is 0.185 e. The van der Waals surface area contributed by atoms with Gasteiger partial charge in [0.05, 0.1) is 0 Å². The number of hydrogen-bond donors (Lipinski definition) is 0. The van der Waals surface area contributed by atoms with Gasteiger partial charge >= 0.3 is 0 Å². The van der Waals surface area contributed by atoms with Crippen molar-refractivity contribution in [3.8, 4) is 0 Å². The summed E-state index contributed by atoms with van der Waals surface area (Å²) in [6, 6.07) is 23.5. The molecule has 0 aromatic heterocycles. The van der Waals surface area contributed by atoms with Crippen LogP contribution in [0, 0.1) is 11.8 Å². The Hall–Kier alpha value is -3.52. The minimum absolute atomic E-state index is 0.00919. The van der Waals surface area contributed by atoms with Crippen molar-refractivity contribution in [1.29, 1.82) is 0 Å². The van der Waals surface area contributed by atoms with Gasteiger partial charge in [-0.15, -0.1) is 0 Å². The monoisotopic (exact) mass is 450 g/mol. The summed E-state index contributed by atoms with van der Waals surface area (Å²) in [6.07, 6.45) is 8.88. The van der Waals surface area contributed by atoms with E-state index in [0.29, 0.717) is 23.0 Å². The number of allylic oxidation sites excluding steroid dienone is 2. The van der Waals surface area contributed by atoms with E-state index < -0.39 is 0 Å². The summed E-state index contributed by atoms with van der Waals surface area (Å²) in [5, 5.41) is 0. The smallest absolute Gasteiger partial charge is 0.185 e. The molecule has 0 saturated carbocycles. The highest BCUT2D eigenvalue weighted by Crippen LogP contribution is 2.14. The fraction of sp³-hybridized carbons (Fsp3) is 0.250. The molecule has 34 heavy (non-hydrogen) atoms. The molecule has 0 spiro atoms. The molecule has 0 saturated heterocycles. The fourth-order valence-electron chi connectivity index (χ4n) is 3.81. The number of rotatable bonds is 10. The van der Waals surface area contributed by atoms with Gasteiger partial charge in [0.1, 0.15) is 0 Å². The predicted molar refractivity (Wildman–Crippen MR) is 143 cm³/mol. The van der Waals surface area contributed by atoms with Gasteiger partial charge in [-0.25, -0.2) is 0 Å². The second kappa shape index (κ2) is 12.1. The first-order chi connectivity index (χ1) is 16.3. The molecule has 0 aliphatic carbocycles. The summed E-state index contributed by atoms with van der Waals surface area (Å²) in [6.45, 7) is 8.75. The summed E-state index contributed by atoms with van der Waals surface area (Å²) in [7, 11) is 0. The lowest BCUT2D eigenvalue weighted by Crippen LogP contribution is -1.97. The van der Waals surface area contributed by atoms with Crippen molar-refractivity contribution in [2.75, 3.05) is 0 Å². The summed E-state index contributed by atoms with van der Waals surface area (Å²) < 4.78 is 0. The lowest BCUT2D eigenvalue weighted by Gasteiger charge is -2.05. The van der Waals surface area contributed by atoms with E-state index >= 15 is 0 Å². The first kappa shape index (κ1) is 25.1. The minimum atomic E-state index is -0.00919. The number of carbonyl (C=O) groups excluding carboxylic acids is 2. The minimum Gasteiger partial charge on any atom is -0.289 e. The van der Waals surface area contributed by atoms with Gasteiger partial charge in [0.2, 0.25) is 0 Å². The normalized spacial score (nSPS) is 11.7. The molecule has 0 amide bonds. The van der Waals surface area contributed by atoms with Crippen molar-refractivity contribution in [1.82, 2.24) is 0 Å². The van der Waals surface area contributed by atoms with E-state index in [9.17, 15) is 9.59 Å². The number of hydrogen-bond acceptors (Lipinski definition) is 2. The zero-order chi connectivity index (χ0) is 24.5. The molecule has 2 nitrogen and oxygen atoms in total. The van der Waals surface area contributed by atoms with Crippen LogP contribution in [0.4, 0.5) is 0 Å². The Morgan fingerprint density at radius 3 is 1.18 bits per heavy atom. The molecule has 0 heterocycles. The fourth-order valence-corrected chi connectivity index (χ4v) is 3.81. The van der Waals surface area contributed by atoms with Gasteiger partial charge in [-0.1, -0.05) is 113 Å². The lowest BCUT2D eigenvalue weighted by molar-refractivity contribution is 0.103. The third-order valence-corrected chi connectivity index (χ3v) is 5.56.